The molecule has 136 valence electrons. The molecule has 0 aliphatic carbocycles. The van der Waals surface area contributed by atoms with E-state index in [1.54, 1.807) is 24.5 Å². The predicted octanol–water partition coefficient (Wildman–Crippen LogP) is 3.55. The lowest BCUT2D eigenvalue weighted by Crippen LogP contribution is -1.99. The maximum Gasteiger partial charge on any atom is 0.269 e. The molecule has 0 saturated heterocycles. The lowest BCUT2D eigenvalue weighted by molar-refractivity contribution is -0.384. The van der Waals surface area contributed by atoms with E-state index in [2.05, 4.69) is 35.7 Å². The van der Waals surface area contributed by atoms with Crippen LogP contribution in [-0.2, 0) is 0 Å². The van der Waals surface area contributed by atoms with Crippen LogP contribution >= 0.6 is 0 Å². The standard InChI is InChI=1S/C18H12N8O2/c27-26(28)13-5-3-12(4-6-13)21-18-16-15(9-20-25-16)22-17(23-18)10-1-2-11-8-19-24-14(11)7-10/h1-9H,(H,19,24)(H,20,25)(H,21,22,23). The van der Waals surface area contributed by atoms with Gasteiger partial charge in [-0.2, -0.15) is 10.2 Å². The molecular formula is C18H12N8O2. The number of rotatable bonds is 4. The molecule has 10 nitrogen and oxygen atoms in total. The minimum atomic E-state index is -0.439. The number of fused-ring (bicyclic) bond motifs is 2. The van der Waals surface area contributed by atoms with Gasteiger partial charge in [-0.15, -0.1) is 0 Å². The first kappa shape index (κ1) is 15.9. The SMILES string of the molecule is O=[N+]([O-])c1ccc(Nc2nc(-c3ccc4cn[nH]c4c3)nc3cn[nH]c23)cc1. The van der Waals surface area contributed by atoms with Gasteiger partial charge in [-0.3, -0.25) is 20.3 Å². The molecule has 0 radical (unpaired) electrons. The molecule has 0 fully saturated rings. The van der Waals surface area contributed by atoms with Crippen LogP contribution in [0.5, 0.6) is 0 Å². The zero-order valence-corrected chi connectivity index (χ0v) is 14.2. The Morgan fingerprint density at radius 1 is 0.964 bits per heavy atom. The molecule has 5 rings (SSSR count). The van der Waals surface area contributed by atoms with E-state index in [4.69, 9.17) is 0 Å². The van der Waals surface area contributed by atoms with Crippen molar-refractivity contribution in [2.45, 2.75) is 0 Å². The van der Waals surface area contributed by atoms with Crippen LogP contribution in [0.4, 0.5) is 17.2 Å². The van der Waals surface area contributed by atoms with Gasteiger partial charge in [-0.1, -0.05) is 12.1 Å². The number of hydrogen-bond donors (Lipinski definition) is 3. The minimum Gasteiger partial charge on any atom is -0.338 e. The second kappa shape index (κ2) is 6.13. The Kier molecular flexibility index (Phi) is 3.47. The highest BCUT2D eigenvalue weighted by Gasteiger charge is 2.13. The third-order valence-corrected chi connectivity index (χ3v) is 4.34. The van der Waals surface area contributed by atoms with Crippen LogP contribution in [0.25, 0.3) is 33.3 Å². The Morgan fingerprint density at radius 3 is 2.61 bits per heavy atom. The summed E-state index contributed by atoms with van der Waals surface area (Å²) in [4.78, 5) is 19.6. The molecule has 3 heterocycles. The summed E-state index contributed by atoms with van der Waals surface area (Å²) in [5.74, 6) is 1.05. The molecule has 2 aromatic carbocycles. The van der Waals surface area contributed by atoms with Gasteiger partial charge in [0, 0.05) is 28.8 Å². The molecule has 0 spiro atoms. The first-order valence-corrected chi connectivity index (χ1v) is 8.33. The van der Waals surface area contributed by atoms with Crippen molar-refractivity contribution in [3.05, 3.63) is 65.0 Å². The van der Waals surface area contributed by atoms with Gasteiger partial charge in [0.05, 0.1) is 22.8 Å². The number of hydrogen-bond acceptors (Lipinski definition) is 7. The van der Waals surface area contributed by atoms with Gasteiger partial charge in [-0.05, 0) is 18.2 Å². The maximum absolute atomic E-state index is 10.8. The maximum atomic E-state index is 10.8. The van der Waals surface area contributed by atoms with Crippen molar-refractivity contribution in [1.82, 2.24) is 30.4 Å². The summed E-state index contributed by atoms with van der Waals surface area (Å²) in [6, 6.07) is 11.9. The Hall–Kier alpha value is -4.34. The number of nitrogens with zero attached hydrogens (tertiary/aromatic N) is 5. The lowest BCUT2D eigenvalue weighted by atomic mass is 10.1. The van der Waals surface area contributed by atoms with E-state index in [0.717, 1.165) is 16.5 Å². The molecule has 3 aromatic heterocycles. The Labute approximate surface area is 156 Å². The molecule has 0 aliphatic rings. The summed E-state index contributed by atoms with van der Waals surface area (Å²) in [5.41, 5.74) is 3.69. The highest BCUT2D eigenvalue weighted by atomic mass is 16.6. The van der Waals surface area contributed by atoms with Crippen LogP contribution in [-0.4, -0.2) is 35.3 Å². The average molecular weight is 372 g/mol. The van der Waals surface area contributed by atoms with Gasteiger partial charge in [0.15, 0.2) is 11.6 Å². The molecule has 0 saturated carbocycles. The molecular weight excluding hydrogens is 360 g/mol. The third-order valence-electron chi connectivity index (χ3n) is 4.34. The second-order valence-electron chi connectivity index (χ2n) is 6.13. The van der Waals surface area contributed by atoms with Crippen molar-refractivity contribution >= 4 is 39.1 Å². The second-order valence-corrected chi connectivity index (χ2v) is 6.13. The molecule has 3 N–H and O–H groups in total. The van der Waals surface area contributed by atoms with Crippen LogP contribution < -0.4 is 5.32 Å². The molecule has 0 bridgehead atoms. The number of anilines is 2. The number of benzene rings is 2. The highest BCUT2D eigenvalue weighted by molar-refractivity contribution is 5.89. The van der Waals surface area contributed by atoms with Gasteiger partial charge in [0.2, 0.25) is 0 Å². The van der Waals surface area contributed by atoms with Gasteiger partial charge in [0.25, 0.3) is 5.69 Å². The smallest absolute Gasteiger partial charge is 0.269 e. The molecule has 0 amide bonds. The number of aromatic nitrogens is 6. The van der Waals surface area contributed by atoms with E-state index in [1.165, 1.54) is 12.1 Å². The number of H-pyrrole nitrogens is 2. The summed E-state index contributed by atoms with van der Waals surface area (Å²) in [6.07, 6.45) is 3.37. The molecule has 0 atom stereocenters. The number of aromatic amines is 2. The van der Waals surface area contributed by atoms with Crippen LogP contribution in [0, 0.1) is 10.1 Å². The predicted molar refractivity (Wildman–Crippen MR) is 103 cm³/mol. The van der Waals surface area contributed by atoms with E-state index in [1.807, 2.05) is 18.2 Å². The van der Waals surface area contributed by atoms with E-state index < -0.39 is 4.92 Å². The molecule has 5 aromatic rings. The van der Waals surface area contributed by atoms with Crippen molar-refractivity contribution in [1.29, 1.82) is 0 Å². The van der Waals surface area contributed by atoms with E-state index >= 15 is 0 Å². The quantitative estimate of drug-likeness (QED) is 0.324. The summed E-state index contributed by atoms with van der Waals surface area (Å²) in [5, 5.41) is 28.9. The summed E-state index contributed by atoms with van der Waals surface area (Å²) in [7, 11) is 0. The van der Waals surface area contributed by atoms with Crippen LogP contribution in [0.1, 0.15) is 0 Å². The van der Waals surface area contributed by atoms with Crippen LogP contribution in [0.15, 0.2) is 54.9 Å². The van der Waals surface area contributed by atoms with Crippen LogP contribution in [0.2, 0.25) is 0 Å². The Morgan fingerprint density at radius 2 is 1.79 bits per heavy atom. The first-order chi connectivity index (χ1) is 13.7. The summed E-state index contributed by atoms with van der Waals surface area (Å²) in [6.45, 7) is 0. The molecule has 0 aliphatic heterocycles. The summed E-state index contributed by atoms with van der Waals surface area (Å²) < 4.78 is 0. The Bertz CT molecular complexity index is 1320. The van der Waals surface area contributed by atoms with E-state index in [-0.39, 0.29) is 5.69 Å². The fourth-order valence-electron chi connectivity index (χ4n) is 2.94. The van der Waals surface area contributed by atoms with Crippen molar-refractivity contribution in [2.75, 3.05) is 5.32 Å². The third kappa shape index (κ3) is 2.69. The van der Waals surface area contributed by atoms with Crippen molar-refractivity contribution in [3.8, 4) is 11.4 Å². The Balaban J connectivity index is 1.58. The lowest BCUT2D eigenvalue weighted by Gasteiger charge is -2.09. The van der Waals surface area contributed by atoms with Gasteiger partial charge in [-0.25, -0.2) is 9.97 Å². The van der Waals surface area contributed by atoms with E-state index in [9.17, 15) is 10.1 Å². The minimum absolute atomic E-state index is 0.0217. The molecule has 28 heavy (non-hydrogen) atoms. The number of nitro groups is 1. The summed E-state index contributed by atoms with van der Waals surface area (Å²) >= 11 is 0. The van der Waals surface area contributed by atoms with Crippen LogP contribution in [0.3, 0.4) is 0 Å². The van der Waals surface area contributed by atoms with Gasteiger partial charge in [0.1, 0.15) is 11.0 Å². The zero-order valence-electron chi connectivity index (χ0n) is 14.2. The van der Waals surface area contributed by atoms with Gasteiger partial charge >= 0.3 is 0 Å². The first-order valence-electron chi connectivity index (χ1n) is 8.33. The zero-order chi connectivity index (χ0) is 19.1. The largest absolute Gasteiger partial charge is 0.338 e. The number of non-ortho nitro benzene ring substituents is 1. The fourth-order valence-corrected chi connectivity index (χ4v) is 2.94. The normalized spacial score (nSPS) is 11.1. The van der Waals surface area contributed by atoms with Crippen molar-refractivity contribution in [2.24, 2.45) is 0 Å². The van der Waals surface area contributed by atoms with Gasteiger partial charge < -0.3 is 5.32 Å². The monoisotopic (exact) mass is 372 g/mol. The number of nitrogens with one attached hydrogen (secondary N) is 3. The average Bonchev–Trinajstić information content (AvgIpc) is 3.37. The number of nitro benzene ring substituents is 1. The molecule has 0 unspecified atom stereocenters. The fraction of sp³-hybridized carbons (Fsp3) is 0. The van der Waals surface area contributed by atoms with Crippen molar-refractivity contribution < 1.29 is 4.92 Å². The topological polar surface area (TPSA) is 138 Å². The van der Waals surface area contributed by atoms with E-state index in [0.29, 0.717) is 28.4 Å². The highest BCUT2D eigenvalue weighted by Crippen LogP contribution is 2.28. The molecule has 10 heteroatoms. The van der Waals surface area contributed by atoms with Crippen molar-refractivity contribution in [3.63, 3.8) is 0 Å².